The fourth-order valence-corrected chi connectivity index (χ4v) is 2.50. The highest BCUT2D eigenvalue weighted by atomic mass is 16.4. The molecule has 1 aromatic carbocycles. The van der Waals surface area contributed by atoms with Crippen LogP contribution in [0.5, 0.6) is 0 Å². The Hall–Kier alpha value is -2.56. The van der Waals surface area contributed by atoms with Crippen LogP contribution in [0.1, 0.15) is 45.3 Å². The molecule has 1 fully saturated rings. The molecule has 3 rings (SSSR count). The smallest absolute Gasteiger partial charge is 0.338 e. The Balaban J connectivity index is 1.90. The monoisotopic (exact) mass is 284 g/mol. The Labute approximate surface area is 122 Å². The van der Waals surface area contributed by atoms with Crippen molar-refractivity contribution in [1.29, 1.82) is 0 Å². The summed E-state index contributed by atoms with van der Waals surface area (Å²) in [7, 11) is 0. The van der Waals surface area contributed by atoms with Crippen molar-refractivity contribution in [1.82, 2.24) is 4.57 Å². The van der Waals surface area contributed by atoms with Crippen molar-refractivity contribution >= 4 is 17.6 Å². The van der Waals surface area contributed by atoms with Gasteiger partial charge in [-0.25, -0.2) is 4.79 Å². The third kappa shape index (κ3) is 2.54. The van der Waals surface area contributed by atoms with E-state index in [1.807, 2.05) is 16.8 Å². The molecule has 0 unspecified atom stereocenters. The van der Waals surface area contributed by atoms with Gasteiger partial charge >= 0.3 is 5.97 Å². The highest BCUT2D eigenvalue weighted by molar-refractivity contribution is 6.07. The van der Waals surface area contributed by atoms with E-state index in [9.17, 15) is 14.7 Å². The SMILES string of the molecule is Cc1cccc(NC(=O)c2cccn2C2CC2)c1C(=O)O. The highest BCUT2D eigenvalue weighted by Crippen LogP contribution is 2.36. The van der Waals surface area contributed by atoms with Crippen molar-refractivity contribution in [2.75, 3.05) is 5.32 Å². The second-order valence-electron chi connectivity index (χ2n) is 5.29. The second-order valence-corrected chi connectivity index (χ2v) is 5.29. The molecule has 108 valence electrons. The molecule has 2 aromatic rings. The van der Waals surface area contributed by atoms with Crippen LogP contribution in [-0.2, 0) is 0 Å². The predicted molar refractivity (Wildman–Crippen MR) is 78.8 cm³/mol. The fraction of sp³-hybridized carbons (Fsp3) is 0.250. The van der Waals surface area contributed by atoms with Gasteiger partial charge in [0.2, 0.25) is 0 Å². The number of aromatic carboxylic acids is 1. The number of benzene rings is 1. The summed E-state index contributed by atoms with van der Waals surface area (Å²) in [6, 6.07) is 9.05. The van der Waals surface area contributed by atoms with Crippen molar-refractivity contribution < 1.29 is 14.7 Å². The molecule has 5 nitrogen and oxygen atoms in total. The minimum atomic E-state index is -1.04. The summed E-state index contributed by atoms with van der Waals surface area (Å²) in [5, 5.41) is 12.0. The number of rotatable bonds is 4. The predicted octanol–water partition coefficient (Wildman–Crippen LogP) is 3.08. The van der Waals surface area contributed by atoms with Crippen molar-refractivity contribution in [2.24, 2.45) is 0 Å². The zero-order valence-corrected chi connectivity index (χ0v) is 11.7. The zero-order valence-electron chi connectivity index (χ0n) is 11.7. The van der Waals surface area contributed by atoms with Gasteiger partial charge in [-0.1, -0.05) is 12.1 Å². The van der Waals surface area contributed by atoms with Crippen LogP contribution in [0.4, 0.5) is 5.69 Å². The van der Waals surface area contributed by atoms with Crippen LogP contribution in [0.3, 0.4) is 0 Å². The standard InChI is InChI=1S/C16H16N2O3/c1-10-4-2-5-12(14(10)16(20)21)17-15(19)13-6-3-9-18(13)11-7-8-11/h2-6,9,11H,7-8H2,1H3,(H,17,19)(H,20,21). The van der Waals surface area contributed by atoms with Gasteiger partial charge in [-0.3, -0.25) is 4.79 Å². The number of hydrogen-bond donors (Lipinski definition) is 2. The lowest BCUT2D eigenvalue weighted by molar-refractivity contribution is 0.0697. The first-order valence-corrected chi connectivity index (χ1v) is 6.89. The van der Waals surface area contributed by atoms with E-state index in [2.05, 4.69) is 5.32 Å². The van der Waals surface area contributed by atoms with Gasteiger partial charge in [0, 0.05) is 12.2 Å². The van der Waals surface area contributed by atoms with E-state index in [1.165, 1.54) is 0 Å². The molecule has 1 aromatic heterocycles. The van der Waals surface area contributed by atoms with Gasteiger partial charge in [-0.05, 0) is 43.5 Å². The molecule has 5 heteroatoms. The molecular weight excluding hydrogens is 268 g/mol. The third-order valence-electron chi connectivity index (χ3n) is 3.69. The maximum absolute atomic E-state index is 12.4. The molecule has 1 saturated carbocycles. The summed E-state index contributed by atoms with van der Waals surface area (Å²) in [6.45, 7) is 1.71. The molecule has 0 radical (unpaired) electrons. The number of hydrogen-bond acceptors (Lipinski definition) is 2. The van der Waals surface area contributed by atoms with Crippen LogP contribution >= 0.6 is 0 Å². The number of carboxylic acid groups (broad SMARTS) is 1. The molecule has 0 aliphatic heterocycles. The molecule has 0 bridgehead atoms. The first-order valence-electron chi connectivity index (χ1n) is 6.89. The number of amides is 1. The van der Waals surface area contributed by atoms with E-state index in [-0.39, 0.29) is 11.5 Å². The summed E-state index contributed by atoms with van der Waals surface area (Å²) in [4.78, 5) is 23.7. The topological polar surface area (TPSA) is 71.3 Å². The Morgan fingerprint density at radius 2 is 2.00 bits per heavy atom. The van der Waals surface area contributed by atoms with E-state index in [0.29, 0.717) is 23.0 Å². The van der Waals surface area contributed by atoms with Crippen molar-refractivity contribution in [3.8, 4) is 0 Å². The second kappa shape index (κ2) is 5.09. The van der Waals surface area contributed by atoms with Crippen LogP contribution in [0.15, 0.2) is 36.5 Å². The number of aromatic nitrogens is 1. The van der Waals surface area contributed by atoms with E-state index in [0.717, 1.165) is 12.8 Å². The zero-order chi connectivity index (χ0) is 15.0. The molecule has 1 heterocycles. The number of nitrogens with one attached hydrogen (secondary N) is 1. The number of carboxylic acids is 1. The van der Waals surface area contributed by atoms with Gasteiger partial charge in [-0.15, -0.1) is 0 Å². The molecule has 1 amide bonds. The minimum Gasteiger partial charge on any atom is -0.478 e. The third-order valence-corrected chi connectivity index (χ3v) is 3.69. The molecule has 21 heavy (non-hydrogen) atoms. The number of aryl methyl sites for hydroxylation is 1. The lowest BCUT2D eigenvalue weighted by Crippen LogP contribution is -2.18. The maximum atomic E-state index is 12.4. The average molecular weight is 284 g/mol. The van der Waals surface area contributed by atoms with Crippen molar-refractivity contribution in [3.05, 3.63) is 53.3 Å². The van der Waals surface area contributed by atoms with E-state index in [1.54, 1.807) is 31.2 Å². The Bertz CT molecular complexity index is 714. The molecule has 1 aliphatic rings. The van der Waals surface area contributed by atoms with Gasteiger partial charge in [0.05, 0.1) is 11.3 Å². The lowest BCUT2D eigenvalue weighted by atomic mass is 10.1. The Kier molecular flexibility index (Phi) is 3.25. The Morgan fingerprint density at radius 3 is 2.67 bits per heavy atom. The number of nitrogens with zero attached hydrogens (tertiary/aromatic N) is 1. The summed E-state index contributed by atoms with van der Waals surface area (Å²) in [5.74, 6) is -1.32. The molecule has 1 aliphatic carbocycles. The Morgan fingerprint density at radius 1 is 1.24 bits per heavy atom. The maximum Gasteiger partial charge on any atom is 0.338 e. The van der Waals surface area contributed by atoms with Gasteiger partial charge in [-0.2, -0.15) is 0 Å². The first-order chi connectivity index (χ1) is 10.1. The average Bonchev–Trinajstić information content (AvgIpc) is 3.15. The van der Waals surface area contributed by atoms with Crippen molar-refractivity contribution in [3.63, 3.8) is 0 Å². The quantitative estimate of drug-likeness (QED) is 0.906. The number of anilines is 1. The van der Waals surface area contributed by atoms with Gasteiger partial charge in [0.25, 0.3) is 5.91 Å². The number of carbonyl (C=O) groups is 2. The van der Waals surface area contributed by atoms with Crippen molar-refractivity contribution in [2.45, 2.75) is 25.8 Å². The van der Waals surface area contributed by atoms with E-state index in [4.69, 9.17) is 0 Å². The summed E-state index contributed by atoms with van der Waals surface area (Å²) >= 11 is 0. The fourth-order valence-electron chi connectivity index (χ4n) is 2.50. The van der Waals surface area contributed by atoms with E-state index >= 15 is 0 Å². The lowest BCUT2D eigenvalue weighted by Gasteiger charge is -2.12. The van der Waals surface area contributed by atoms with Crippen LogP contribution in [-0.4, -0.2) is 21.6 Å². The van der Waals surface area contributed by atoms with Crippen LogP contribution in [0, 0.1) is 6.92 Å². The number of carbonyl (C=O) groups excluding carboxylic acids is 1. The first kappa shape index (κ1) is 13.4. The van der Waals surface area contributed by atoms with Crippen LogP contribution in [0.2, 0.25) is 0 Å². The summed E-state index contributed by atoms with van der Waals surface area (Å²) < 4.78 is 1.95. The minimum absolute atomic E-state index is 0.135. The molecule has 0 saturated heterocycles. The van der Waals surface area contributed by atoms with Gasteiger partial charge in [0.1, 0.15) is 5.69 Å². The molecule has 2 N–H and O–H groups in total. The molecule has 0 atom stereocenters. The van der Waals surface area contributed by atoms with E-state index < -0.39 is 5.97 Å². The summed E-state index contributed by atoms with van der Waals surface area (Å²) in [5.41, 5.74) is 1.65. The molecule has 0 spiro atoms. The summed E-state index contributed by atoms with van der Waals surface area (Å²) in [6.07, 6.45) is 4.06. The highest BCUT2D eigenvalue weighted by Gasteiger charge is 2.27. The largest absolute Gasteiger partial charge is 0.478 e. The van der Waals surface area contributed by atoms with Gasteiger partial charge < -0.3 is 15.0 Å². The van der Waals surface area contributed by atoms with Crippen LogP contribution in [0.25, 0.3) is 0 Å². The van der Waals surface area contributed by atoms with Gasteiger partial charge in [0.15, 0.2) is 0 Å². The normalized spacial score (nSPS) is 14.0. The van der Waals surface area contributed by atoms with Crippen LogP contribution < -0.4 is 5.32 Å². The molecular formula is C16H16N2O3.